The summed E-state index contributed by atoms with van der Waals surface area (Å²) >= 11 is 0. The Bertz CT molecular complexity index is 591. The number of carbonyl (C=O) groups excluding carboxylic acids is 3. The number of nitrogens with one attached hydrogen (secondary N) is 1. The maximum absolute atomic E-state index is 12.6. The van der Waals surface area contributed by atoms with E-state index >= 15 is 0 Å². The van der Waals surface area contributed by atoms with Gasteiger partial charge in [0, 0.05) is 13.0 Å². The first-order valence-corrected chi connectivity index (χ1v) is 8.05. The average Bonchev–Trinajstić information content (AvgIpc) is 2.92. The van der Waals surface area contributed by atoms with Crippen molar-refractivity contribution in [2.45, 2.75) is 44.3 Å². The van der Waals surface area contributed by atoms with Gasteiger partial charge >= 0.3 is 11.9 Å². The molecule has 0 saturated carbocycles. The molecule has 1 fully saturated rings. The van der Waals surface area contributed by atoms with Gasteiger partial charge in [-0.15, -0.1) is 0 Å². The first-order valence-electron chi connectivity index (χ1n) is 8.05. The Hall–Kier alpha value is -2.53. The Morgan fingerprint density at radius 2 is 1.92 bits per heavy atom. The molecule has 0 aromatic carbocycles. The number of likely N-dealkylation sites (tertiary alicyclic amines) is 1. The van der Waals surface area contributed by atoms with E-state index in [1.165, 1.54) is 6.92 Å². The monoisotopic (exact) mass is 373 g/mol. The molecule has 4 atom stereocenters. The fourth-order valence-corrected chi connectivity index (χ4v) is 2.68. The Morgan fingerprint density at radius 3 is 2.38 bits per heavy atom. The van der Waals surface area contributed by atoms with Crippen molar-refractivity contribution in [2.75, 3.05) is 13.2 Å². The molecule has 0 aromatic rings. The normalized spacial score (nSPS) is 20.3. The lowest BCUT2D eigenvalue weighted by atomic mass is 9.93. The van der Waals surface area contributed by atoms with Crippen LogP contribution in [0, 0.1) is 5.92 Å². The van der Waals surface area contributed by atoms with Gasteiger partial charge in [0.15, 0.2) is 11.8 Å². The van der Waals surface area contributed by atoms with Crippen LogP contribution in [-0.2, 0) is 24.0 Å². The zero-order valence-corrected chi connectivity index (χ0v) is 14.3. The zero-order valence-electron chi connectivity index (χ0n) is 14.3. The third kappa shape index (κ3) is 5.23. The summed E-state index contributed by atoms with van der Waals surface area (Å²) in [6.07, 6.45) is -0.619. The fraction of sp³-hybridized carbons (Fsp3) is 0.667. The topological polar surface area (TPSA) is 187 Å². The molecule has 11 nitrogen and oxygen atoms in total. The predicted octanol–water partition coefficient (Wildman–Crippen LogP) is -2.45. The number of amides is 2. The van der Waals surface area contributed by atoms with Gasteiger partial charge in [0.25, 0.3) is 0 Å². The van der Waals surface area contributed by atoms with E-state index in [1.54, 1.807) is 0 Å². The van der Waals surface area contributed by atoms with Crippen LogP contribution in [0.4, 0.5) is 0 Å². The maximum Gasteiger partial charge on any atom is 0.328 e. The summed E-state index contributed by atoms with van der Waals surface area (Å²) in [5.41, 5.74) is 5.43. The number of rotatable bonds is 10. The van der Waals surface area contributed by atoms with Crippen LogP contribution in [-0.4, -0.2) is 81.0 Å². The molecule has 2 amide bonds. The molecule has 1 aliphatic heterocycles. The second kappa shape index (κ2) is 9.25. The van der Waals surface area contributed by atoms with Gasteiger partial charge in [0.05, 0.1) is 18.7 Å². The van der Waals surface area contributed by atoms with Gasteiger partial charge in [-0.05, 0) is 19.8 Å². The first kappa shape index (κ1) is 21.5. The smallest absolute Gasteiger partial charge is 0.328 e. The molecule has 146 valence electrons. The van der Waals surface area contributed by atoms with E-state index in [-0.39, 0.29) is 19.4 Å². The molecular formula is C15H23N3O8. The van der Waals surface area contributed by atoms with Gasteiger partial charge in [-0.3, -0.25) is 19.2 Å². The number of aliphatic hydroxyl groups excluding tert-OH is 1. The highest BCUT2D eigenvalue weighted by molar-refractivity contribution is 6.07. The number of nitrogens with zero attached hydrogens (tertiary/aromatic N) is 1. The lowest BCUT2D eigenvalue weighted by molar-refractivity contribution is -0.152. The van der Waals surface area contributed by atoms with Gasteiger partial charge in [0.2, 0.25) is 11.8 Å². The number of aliphatic carboxylic acids is 2. The first-order chi connectivity index (χ1) is 12.1. The number of Topliss-reactive ketones (excluding diaryl/α,β-unsaturated/α-hetero) is 1. The Balaban J connectivity index is 2.92. The fourth-order valence-electron chi connectivity index (χ4n) is 2.68. The van der Waals surface area contributed by atoms with E-state index < -0.39 is 66.6 Å². The van der Waals surface area contributed by atoms with Crippen molar-refractivity contribution in [1.29, 1.82) is 0 Å². The molecule has 0 unspecified atom stereocenters. The number of carbonyl (C=O) groups is 5. The second-order valence-electron chi connectivity index (χ2n) is 6.09. The van der Waals surface area contributed by atoms with E-state index in [2.05, 4.69) is 5.32 Å². The van der Waals surface area contributed by atoms with E-state index in [9.17, 15) is 24.0 Å². The lowest BCUT2D eigenvalue weighted by Crippen LogP contribution is -2.51. The summed E-state index contributed by atoms with van der Waals surface area (Å²) in [6.45, 7) is 0.542. The Morgan fingerprint density at radius 1 is 1.31 bits per heavy atom. The molecule has 0 radical (unpaired) electrons. The Labute approximate surface area is 149 Å². The number of carboxylic acids is 2. The summed E-state index contributed by atoms with van der Waals surface area (Å²) in [5, 5.41) is 29.3. The third-order valence-electron chi connectivity index (χ3n) is 4.14. The van der Waals surface area contributed by atoms with Crippen molar-refractivity contribution in [2.24, 2.45) is 11.7 Å². The molecule has 1 aliphatic rings. The summed E-state index contributed by atoms with van der Waals surface area (Å²) < 4.78 is 0. The van der Waals surface area contributed by atoms with Crippen LogP contribution >= 0.6 is 0 Å². The van der Waals surface area contributed by atoms with E-state index in [1.807, 2.05) is 0 Å². The second-order valence-corrected chi connectivity index (χ2v) is 6.09. The molecule has 0 aliphatic carbocycles. The zero-order chi connectivity index (χ0) is 20.0. The van der Waals surface area contributed by atoms with Crippen molar-refractivity contribution < 1.29 is 39.3 Å². The highest BCUT2D eigenvalue weighted by atomic mass is 16.4. The number of hydrogen-bond donors (Lipinski definition) is 5. The number of nitrogens with two attached hydrogens (primary N) is 1. The summed E-state index contributed by atoms with van der Waals surface area (Å²) in [7, 11) is 0. The molecule has 26 heavy (non-hydrogen) atoms. The predicted molar refractivity (Wildman–Crippen MR) is 85.8 cm³/mol. The van der Waals surface area contributed by atoms with E-state index in [0.717, 1.165) is 4.90 Å². The van der Waals surface area contributed by atoms with Gasteiger partial charge < -0.3 is 31.3 Å². The standard InChI is InChI=1S/C15H23N3O8/c1-7(16)13(23)17-9(2-3-11(20)21)12(22)8-4-5-18(14(8)24)10(6-19)15(25)26/h7-10,19H,2-6,16H2,1H3,(H,17,23)(H,20,21)(H,25,26)/t7-,8+,9-,10-/m0/s1. The van der Waals surface area contributed by atoms with Gasteiger partial charge in [-0.1, -0.05) is 0 Å². The SMILES string of the molecule is C[C@H](N)C(=O)N[C@@H](CCC(=O)O)C(=O)[C@H]1CCN([C@@H](CO)C(=O)O)C1=O. The van der Waals surface area contributed by atoms with Gasteiger partial charge in [0.1, 0.15) is 5.92 Å². The van der Waals surface area contributed by atoms with E-state index in [4.69, 9.17) is 21.1 Å². The minimum atomic E-state index is -1.46. The Kier molecular flexibility index (Phi) is 7.65. The number of hydrogen-bond acceptors (Lipinski definition) is 7. The number of aliphatic hydroxyl groups is 1. The molecule has 1 heterocycles. The molecule has 0 aromatic heterocycles. The highest BCUT2D eigenvalue weighted by Crippen LogP contribution is 2.23. The summed E-state index contributed by atoms with van der Waals surface area (Å²) in [6, 6.07) is -3.62. The van der Waals surface area contributed by atoms with Crippen LogP contribution in [0.5, 0.6) is 0 Å². The van der Waals surface area contributed by atoms with Crippen molar-refractivity contribution in [3.05, 3.63) is 0 Å². The summed E-state index contributed by atoms with van der Waals surface area (Å²) in [4.78, 5) is 59.6. The van der Waals surface area contributed by atoms with Crippen LogP contribution in [0.25, 0.3) is 0 Å². The van der Waals surface area contributed by atoms with Crippen molar-refractivity contribution in [3.8, 4) is 0 Å². The summed E-state index contributed by atoms with van der Waals surface area (Å²) in [5.74, 6) is -5.93. The van der Waals surface area contributed by atoms with E-state index in [0.29, 0.717) is 0 Å². The van der Waals surface area contributed by atoms with Crippen LogP contribution in [0.2, 0.25) is 0 Å². The minimum Gasteiger partial charge on any atom is -0.481 e. The highest BCUT2D eigenvalue weighted by Gasteiger charge is 2.44. The maximum atomic E-state index is 12.6. The largest absolute Gasteiger partial charge is 0.481 e. The molecule has 1 saturated heterocycles. The lowest BCUT2D eigenvalue weighted by Gasteiger charge is -2.24. The molecule has 0 bridgehead atoms. The van der Waals surface area contributed by atoms with Crippen molar-refractivity contribution in [3.63, 3.8) is 0 Å². The molecular weight excluding hydrogens is 350 g/mol. The van der Waals surface area contributed by atoms with Crippen molar-refractivity contribution in [1.82, 2.24) is 10.2 Å². The minimum absolute atomic E-state index is 0.0130. The average molecular weight is 373 g/mol. The van der Waals surface area contributed by atoms with Crippen molar-refractivity contribution >= 4 is 29.5 Å². The van der Waals surface area contributed by atoms with Gasteiger partial charge in [-0.25, -0.2) is 4.79 Å². The van der Waals surface area contributed by atoms with Crippen LogP contribution in [0.1, 0.15) is 26.2 Å². The third-order valence-corrected chi connectivity index (χ3v) is 4.14. The van der Waals surface area contributed by atoms with Gasteiger partial charge in [-0.2, -0.15) is 0 Å². The van der Waals surface area contributed by atoms with Crippen LogP contribution in [0.15, 0.2) is 0 Å². The molecule has 6 N–H and O–H groups in total. The molecule has 11 heteroatoms. The molecule has 1 rings (SSSR count). The quantitative estimate of drug-likeness (QED) is 0.259. The molecule has 0 spiro atoms. The van der Waals surface area contributed by atoms with Crippen LogP contribution in [0.3, 0.4) is 0 Å². The number of carboxylic acid groups (broad SMARTS) is 2. The van der Waals surface area contributed by atoms with Crippen LogP contribution < -0.4 is 11.1 Å². The number of ketones is 1.